The molecule has 0 saturated carbocycles. The Balaban J connectivity index is 1.60. The van der Waals surface area contributed by atoms with E-state index >= 15 is 0 Å². The summed E-state index contributed by atoms with van der Waals surface area (Å²) in [4.78, 5) is 4.60. The fourth-order valence-electron chi connectivity index (χ4n) is 2.76. The summed E-state index contributed by atoms with van der Waals surface area (Å²) < 4.78 is 13.3. The van der Waals surface area contributed by atoms with E-state index in [1.165, 1.54) is 28.9 Å². The van der Waals surface area contributed by atoms with Gasteiger partial charge in [0.25, 0.3) is 0 Å². The molecule has 3 nitrogen and oxygen atoms in total. The summed E-state index contributed by atoms with van der Waals surface area (Å²) in [5, 5.41) is 17.3. The lowest BCUT2D eigenvalue weighted by molar-refractivity contribution is 0.628. The third-order valence-electron chi connectivity index (χ3n) is 4.20. The molecule has 0 unspecified atom stereocenters. The molecule has 4 rings (SSSR count). The Bertz CT molecular complexity index is 1240. The van der Waals surface area contributed by atoms with Crippen LogP contribution in [0, 0.1) is 17.1 Å². The van der Waals surface area contributed by atoms with Crippen LogP contribution in [0.2, 0.25) is 5.02 Å². The van der Waals surface area contributed by atoms with Crippen LogP contribution in [0.1, 0.15) is 5.01 Å². The van der Waals surface area contributed by atoms with E-state index < -0.39 is 5.82 Å². The summed E-state index contributed by atoms with van der Waals surface area (Å²) >= 11 is 7.18. The molecule has 0 fully saturated rings. The van der Waals surface area contributed by atoms with Crippen LogP contribution >= 0.6 is 22.9 Å². The van der Waals surface area contributed by atoms with Crippen LogP contribution in [0.3, 0.4) is 0 Å². The zero-order chi connectivity index (χ0) is 19.5. The number of halogens is 2. The highest BCUT2D eigenvalue weighted by Gasteiger charge is 2.10. The second kappa shape index (κ2) is 7.81. The summed E-state index contributed by atoms with van der Waals surface area (Å²) in [6.45, 7) is 0. The number of hydrogen-bond acceptors (Lipinski definition) is 4. The van der Waals surface area contributed by atoms with Gasteiger partial charge in [-0.1, -0.05) is 48.0 Å². The molecular formula is C22H13ClFN3S. The van der Waals surface area contributed by atoms with Gasteiger partial charge in [-0.2, -0.15) is 5.26 Å². The predicted octanol–water partition coefficient (Wildman–Crippen LogP) is 6.73. The first-order valence-corrected chi connectivity index (χ1v) is 9.67. The van der Waals surface area contributed by atoms with Crippen molar-refractivity contribution >= 4 is 45.0 Å². The number of nitrogens with zero attached hydrogens (tertiary/aromatic N) is 2. The van der Waals surface area contributed by atoms with Crippen LogP contribution in [0.5, 0.6) is 0 Å². The predicted molar refractivity (Wildman–Crippen MR) is 114 cm³/mol. The largest absolute Gasteiger partial charge is 0.360 e. The van der Waals surface area contributed by atoms with E-state index in [-0.39, 0.29) is 5.02 Å². The van der Waals surface area contributed by atoms with Crippen LogP contribution in [0.25, 0.3) is 27.6 Å². The van der Waals surface area contributed by atoms with Gasteiger partial charge >= 0.3 is 0 Å². The molecule has 28 heavy (non-hydrogen) atoms. The number of hydrogen-bond donors (Lipinski definition) is 1. The topological polar surface area (TPSA) is 48.7 Å². The molecule has 1 N–H and O–H groups in total. The van der Waals surface area contributed by atoms with Crippen LogP contribution in [0.4, 0.5) is 10.1 Å². The summed E-state index contributed by atoms with van der Waals surface area (Å²) in [5.41, 5.74) is 2.79. The van der Waals surface area contributed by atoms with E-state index in [0.717, 1.165) is 16.6 Å². The zero-order valence-electron chi connectivity index (χ0n) is 14.5. The molecule has 3 aromatic carbocycles. The lowest BCUT2D eigenvalue weighted by Crippen LogP contribution is -1.92. The summed E-state index contributed by atoms with van der Waals surface area (Å²) in [5.74, 6) is -0.489. The number of allylic oxidation sites excluding steroid dienone is 1. The van der Waals surface area contributed by atoms with Gasteiger partial charge in [0.15, 0.2) is 0 Å². The SMILES string of the molecule is N#C/C(=C/Nc1ccc(F)c(Cl)c1)c1nc(-c2ccc3ccccc3c2)cs1. The lowest BCUT2D eigenvalue weighted by Gasteiger charge is -2.03. The Morgan fingerprint density at radius 3 is 2.71 bits per heavy atom. The van der Waals surface area contributed by atoms with Gasteiger partial charge < -0.3 is 5.32 Å². The highest BCUT2D eigenvalue weighted by Crippen LogP contribution is 2.28. The van der Waals surface area contributed by atoms with Crippen molar-refractivity contribution in [3.8, 4) is 17.3 Å². The van der Waals surface area contributed by atoms with E-state index in [1.54, 1.807) is 12.3 Å². The minimum absolute atomic E-state index is 0.0183. The van der Waals surface area contributed by atoms with Crippen molar-refractivity contribution in [2.24, 2.45) is 0 Å². The zero-order valence-corrected chi connectivity index (χ0v) is 16.1. The average molecular weight is 406 g/mol. The third-order valence-corrected chi connectivity index (χ3v) is 5.37. The van der Waals surface area contributed by atoms with Crippen molar-refractivity contribution in [1.29, 1.82) is 5.26 Å². The fourth-order valence-corrected chi connectivity index (χ4v) is 3.74. The first-order chi connectivity index (χ1) is 13.6. The maximum Gasteiger partial charge on any atom is 0.141 e. The molecular weight excluding hydrogens is 393 g/mol. The first-order valence-electron chi connectivity index (χ1n) is 8.41. The molecule has 1 heterocycles. The molecule has 0 saturated heterocycles. The number of aromatic nitrogens is 1. The summed E-state index contributed by atoms with van der Waals surface area (Å²) in [7, 11) is 0. The van der Waals surface area contributed by atoms with E-state index in [0.29, 0.717) is 16.3 Å². The number of thiazole rings is 1. The molecule has 1 aromatic heterocycles. The Morgan fingerprint density at radius 2 is 1.93 bits per heavy atom. The van der Waals surface area contributed by atoms with Crippen molar-refractivity contribution < 1.29 is 4.39 Å². The Kier molecular flexibility index (Phi) is 5.07. The molecule has 0 atom stereocenters. The highest BCUT2D eigenvalue weighted by molar-refractivity contribution is 7.11. The Morgan fingerprint density at radius 1 is 1.11 bits per heavy atom. The lowest BCUT2D eigenvalue weighted by atomic mass is 10.1. The number of nitrogens with one attached hydrogen (secondary N) is 1. The Hall–Kier alpha value is -3.20. The summed E-state index contributed by atoms with van der Waals surface area (Å²) in [6.07, 6.45) is 1.55. The normalized spacial score (nSPS) is 11.4. The van der Waals surface area contributed by atoms with Crippen molar-refractivity contribution in [3.63, 3.8) is 0 Å². The monoisotopic (exact) mass is 405 g/mol. The van der Waals surface area contributed by atoms with Gasteiger partial charge in [-0.3, -0.25) is 0 Å². The molecule has 0 aliphatic heterocycles. The van der Waals surface area contributed by atoms with Gasteiger partial charge in [0, 0.05) is 22.8 Å². The second-order valence-corrected chi connectivity index (χ2v) is 7.31. The second-order valence-electron chi connectivity index (χ2n) is 6.04. The van der Waals surface area contributed by atoms with Crippen LogP contribution in [-0.2, 0) is 0 Å². The van der Waals surface area contributed by atoms with Crippen LogP contribution in [0.15, 0.2) is 72.2 Å². The molecule has 0 spiro atoms. The van der Waals surface area contributed by atoms with Crippen LogP contribution in [-0.4, -0.2) is 4.98 Å². The maximum atomic E-state index is 13.3. The number of fused-ring (bicyclic) bond motifs is 1. The Labute approximate surface area is 170 Å². The van der Waals surface area contributed by atoms with Crippen molar-refractivity contribution in [3.05, 3.63) is 88.1 Å². The maximum absolute atomic E-state index is 13.3. The average Bonchev–Trinajstić information content (AvgIpc) is 3.21. The van der Waals surface area contributed by atoms with Gasteiger partial charge in [-0.05, 0) is 35.0 Å². The minimum Gasteiger partial charge on any atom is -0.360 e. The standard InChI is InChI=1S/C22H13ClFN3S/c23-19-10-18(7-8-20(19)24)26-12-17(11-25)22-27-21(13-28-22)16-6-5-14-3-1-2-4-15(14)9-16/h1-10,12-13,26H/b17-12-. The van der Waals surface area contributed by atoms with Gasteiger partial charge in [-0.25, -0.2) is 9.37 Å². The summed E-state index contributed by atoms with van der Waals surface area (Å²) in [6, 6.07) is 20.7. The molecule has 0 radical (unpaired) electrons. The minimum atomic E-state index is -0.489. The molecule has 136 valence electrons. The van der Waals surface area contributed by atoms with E-state index in [9.17, 15) is 9.65 Å². The van der Waals surface area contributed by atoms with Gasteiger partial charge in [0.2, 0.25) is 0 Å². The van der Waals surface area contributed by atoms with Gasteiger partial charge in [-0.15, -0.1) is 11.3 Å². The number of benzene rings is 3. The van der Waals surface area contributed by atoms with Gasteiger partial charge in [0.05, 0.1) is 10.7 Å². The molecule has 0 aliphatic carbocycles. The quantitative estimate of drug-likeness (QED) is 0.383. The molecule has 0 bridgehead atoms. The fraction of sp³-hybridized carbons (Fsp3) is 0. The van der Waals surface area contributed by atoms with Crippen molar-refractivity contribution in [2.45, 2.75) is 0 Å². The number of nitriles is 1. The van der Waals surface area contributed by atoms with Crippen LogP contribution < -0.4 is 5.32 Å². The van der Waals surface area contributed by atoms with E-state index in [4.69, 9.17) is 11.6 Å². The smallest absolute Gasteiger partial charge is 0.141 e. The van der Waals surface area contributed by atoms with Crippen molar-refractivity contribution in [1.82, 2.24) is 4.98 Å². The van der Waals surface area contributed by atoms with Gasteiger partial charge in [0.1, 0.15) is 22.5 Å². The molecule has 0 aliphatic rings. The van der Waals surface area contributed by atoms with Crippen molar-refractivity contribution in [2.75, 3.05) is 5.32 Å². The third kappa shape index (κ3) is 3.74. The molecule has 4 aromatic rings. The number of anilines is 1. The molecule has 0 amide bonds. The number of rotatable bonds is 4. The van der Waals surface area contributed by atoms with E-state index in [1.807, 2.05) is 23.6 Å². The highest BCUT2D eigenvalue weighted by atomic mass is 35.5. The molecule has 6 heteroatoms. The van der Waals surface area contributed by atoms with E-state index in [2.05, 4.69) is 40.6 Å². The first kappa shape index (κ1) is 18.2.